The lowest BCUT2D eigenvalue weighted by molar-refractivity contribution is 0.260. The van der Waals surface area contributed by atoms with Crippen molar-refractivity contribution in [1.29, 1.82) is 0 Å². The largest absolute Gasteiger partial charge is 0.329 e. The van der Waals surface area contributed by atoms with E-state index < -0.39 is 0 Å². The topological polar surface area (TPSA) is 47.1 Å². The van der Waals surface area contributed by atoms with Crippen molar-refractivity contribution in [2.75, 3.05) is 19.6 Å². The van der Waals surface area contributed by atoms with E-state index >= 15 is 0 Å². The van der Waals surface area contributed by atoms with Crippen molar-refractivity contribution >= 4 is 0 Å². The Morgan fingerprint density at radius 3 is 3.13 bits per heavy atom. The van der Waals surface area contributed by atoms with Gasteiger partial charge in [-0.1, -0.05) is 0 Å². The third-order valence-corrected chi connectivity index (χ3v) is 3.35. The fraction of sp³-hybridized carbons (Fsp3) is 0.727. The van der Waals surface area contributed by atoms with Gasteiger partial charge in [0.05, 0.1) is 0 Å². The van der Waals surface area contributed by atoms with Gasteiger partial charge >= 0.3 is 0 Å². The lowest BCUT2D eigenvalue weighted by atomic mass is 10.2. The molecule has 1 atom stereocenters. The van der Waals surface area contributed by atoms with Crippen LogP contribution >= 0.6 is 0 Å². The second-order valence-electron chi connectivity index (χ2n) is 4.26. The monoisotopic (exact) mass is 208 g/mol. The van der Waals surface area contributed by atoms with Crippen molar-refractivity contribution in [3.05, 3.63) is 18.0 Å². The Morgan fingerprint density at radius 1 is 1.60 bits per heavy atom. The van der Waals surface area contributed by atoms with Crippen LogP contribution in [0.25, 0.3) is 0 Å². The maximum absolute atomic E-state index is 5.74. The molecule has 1 saturated heterocycles. The van der Waals surface area contributed by atoms with E-state index in [1.807, 2.05) is 17.9 Å². The van der Waals surface area contributed by atoms with Gasteiger partial charge in [-0.2, -0.15) is 5.10 Å². The summed E-state index contributed by atoms with van der Waals surface area (Å²) in [5.41, 5.74) is 7.05. The molecule has 1 aliphatic rings. The molecule has 2 heterocycles. The normalized spacial score (nSPS) is 22.4. The molecular weight excluding hydrogens is 188 g/mol. The summed E-state index contributed by atoms with van der Waals surface area (Å²) in [6, 6.07) is 2.70. The molecule has 1 aromatic heterocycles. The summed E-state index contributed by atoms with van der Waals surface area (Å²) in [5.74, 6) is 0. The summed E-state index contributed by atoms with van der Waals surface area (Å²) in [6.45, 7) is 3.12. The molecule has 4 nitrogen and oxygen atoms in total. The fourth-order valence-electron chi connectivity index (χ4n) is 2.36. The van der Waals surface area contributed by atoms with Gasteiger partial charge < -0.3 is 5.73 Å². The first-order chi connectivity index (χ1) is 7.31. The van der Waals surface area contributed by atoms with Crippen molar-refractivity contribution < 1.29 is 0 Å². The van der Waals surface area contributed by atoms with Crippen LogP contribution in [-0.4, -0.2) is 40.4 Å². The molecular formula is C11H20N4. The minimum atomic E-state index is 0.609. The number of nitrogens with two attached hydrogens (primary N) is 1. The molecule has 0 radical (unpaired) electrons. The second-order valence-corrected chi connectivity index (χ2v) is 4.26. The Hall–Kier alpha value is -0.870. The first-order valence-electron chi connectivity index (χ1n) is 5.72. The maximum atomic E-state index is 5.74. The van der Waals surface area contributed by atoms with Gasteiger partial charge in [-0.05, 0) is 25.5 Å². The summed E-state index contributed by atoms with van der Waals surface area (Å²) in [5, 5.41) is 4.17. The summed E-state index contributed by atoms with van der Waals surface area (Å²) in [6.07, 6.45) is 5.50. The van der Waals surface area contributed by atoms with Crippen molar-refractivity contribution in [1.82, 2.24) is 14.7 Å². The predicted octanol–water partition coefficient (Wildman–Crippen LogP) is 0.386. The average Bonchev–Trinajstić information content (AvgIpc) is 2.83. The van der Waals surface area contributed by atoms with Crippen LogP contribution in [0.15, 0.2) is 12.3 Å². The average molecular weight is 208 g/mol. The Bertz CT molecular complexity index is 307. The summed E-state index contributed by atoms with van der Waals surface area (Å²) < 4.78 is 1.95. The number of hydrogen-bond acceptors (Lipinski definition) is 3. The maximum Gasteiger partial charge on any atom is 0.0492 e. The number of aromatic nitrogens is 2. The lowest BCUT2D eigenvalue weighted by Crippen LogP contribution is -2.36. The van der Waals surface area contributed by atoms with E-state index in [9.17, 15) is 0 Å². The van der Waals surface area contributed by atoms with E-state index in [1.165, 1.54) is 25.1 Å². The van der Waals surface area contributed by atoms with Gasteiger partial charge in [0.15, 0.2) is 0 Å². The number of aryl methyl sites for hydroxylation is 1. The molecule has 0 bridgehead atoms. The molecule has 0 amide bonds. The van der Waals surface area contributed by atoms with Gasteiger partial charge in [-0.25, -0.2) is 0 Å². The molecule has 0 saturated carbocycles. The highest BCUT2D eigenvalue weighted by atomic mass is 15.3. The number of hydrogen-bond donors (Lipinski definition) is 1. The zero-order valence-corrected chi connectivity index (χ0v) is 9.39. The SMILES string of the molecule is Cn1nccc1CCN1CCCC1CN. The van der Waals surface area contributed by atoms with Crippen molar-refractivity contribution in [3.63, 3.8) is 0 Å². The molecule has 1 unspecified atom stereocenters. The van der Waals surface area contributed by atoms with E-state index in [1.54, 1.807) is 0 Å². The molecule has 1 aliphatic heterocycles. The van der Waals surface area contributed by atoms with Crippen LogP contribution in [0.2, 0.25) is 0 Å². The van der Waals surface area contributed by atoms with Crippen LogP contribution in [0, 0.1) is 0 Å². The molecule has 2 N–H and O–H groups in total. The van der Waals surface area contributed by atoms with Crippen LogP contribution in [0.4, 0.5) is 0 Å². The third-order valence-electron chi connectivity index (χ3n) is 3.35. The summed E-state index contributed by atoms with van der Waals surface area (Å²) >= 11 is 0. The summed E-state index contributed by atoms with van der Waals surface area (Å²) in [4.78, 5) is 2.51. The Kier molecular flexibility index (Phi) is 3.38. The highest BCUT2D eigenvalue weighted by Crippen LogP contribution is 2.16. The van der Waals surface area contributed by atoms with Crippen molar-refractivity contribution in [3.8, 4) is 0 Å². The van der Waals surface area contributed by atoms with Crippen LogP contribution in [0.5, 0.6) is 0 Å². The first-order valence-corrected chi connectivity index (χ1v) is 5.72. The lowest BCUT2D eigenvalue weighted by Gasteiger charge is -2.22. The van der Waals surface area contributed by atoms with Crippen LogP contribution in [0.1, 0.15) is 18.5 Å². The highest BCUT2D eigenvalue weighted by molar-refractivity contribution is 5.00. The van der Waals surface area contributed by atoms with Gasteiger partial charge in [-0.15, -0.1) is 0 Å². The zero-order valence-electron chi connectivity index (χ0n) is 9.39. The molecule has 84 valence electrons. The van der Waals surface area contributed by atoms with E-state index in [4.69, 9.17) is 5.73 Å². The van der Waals surface area contributed by atoms with Crippen molar-refractivity contribution in [2.45, 2.75) is 25.3 Å². The number of nitrogens with zero attached hydrogens (tertiary/aromatic N) is 3. The quantitative estimate of drug-likeness (QED) is 0.778. The third kappa shape index (κ3) is 2.38. The fourth-order valence-corrected chi connectivity index (χ4v) is 2.36. The molecule has 15 heavy (non-hydrogen) atoms. The molecule has 2 rings (SSSR count). The first kappa shape index (κ1) is 10.6. The minimum absolute atomic E-state index is 0.609. The molecule has 4 heteroatoms. The Morgan fingerprint density at radius 2 is 2.47 bits per heavy atom. The molecule has 0 aliphatic carbocycles. The predicted molar refractivity (Wildman–Crippen MR) is 60.6 cm³/mol. The van der Waals surface area contributed by atoms with Gasteiger partial charge in [0.1, 0.15) is 0 Å². The number of likely N-dealkylation sites (tertiary alicyclic amines) is 1. The minimum Gasteiger partial charge on any atom is -0.329 e. The molecule has 1 fully saturated rings. The van der Waals surface area contributed by atoms with E-state index in [2.05, 4.69) is 16.1 Å². The second kappa shape index (κ2) is 4.77. The van der Waals surface area contributed by atoms with Crippen LogP contribution in [0.3, 0.4) is 0 Å². The summed E-state index contributed by atoms with van der Waals surface area (Å²) in [7, 11) is 2.00. The van der Waals surface area contributed by atoms with E-state index in [0.29, 0.717) is 6.04 Å². The van der Waals surface area contributed by atoms with Gasteiger partial charge in [-0.3, -0.25) is 9.58 Å². The van der Waals surface area contributed by atoms with E-state index in [-0.39, 0.29) is 0 Å². The standard InChI is InChI=1S/C11H20N4/c1-14-10(4-6-13-14)5-8-15-7-2-3-11(15)9-12/h4,6,11H,2-3,5,7-9,12H2,1H3. The number of rotatable bonds is 4. The smallest absolute Gasteiger partial charge is 0.0492 e. The molecule has 1 aromatic rings. The van der Waals surface area contributed by atoms with Gasteiger partial charge in [0, 0.05) is 44.5 Å². The van der Waals surface area contributed by atoms with Crippen LogP contribution in [-0.2, 0) is 13.5 Å². The van der Waals surface area contributed by atoms with Gasteiger partial charge in [0.2, 0.25) is 0 Å². The Labute approximate surface area is 91.1 Å². The van der Waals surface area contributed by atoms with Gasteiger partial charge in [0.25, 0.3) is 0 Å². The zero-order chi connectivity index (χ0) is 10.7. The van der Waals surface area contributed by atoms with Crippen molar-refractivity contribution in [2.24, 2.45) is 12.8 Å². The van der Waals surface area contributed by atoms with E-state index in [0.717, 1.165) is 19.5 Å². The van der Waals surface area contributed by atoms with Crippen LogP contribution < -0.4 is 5.73 Å². The highest BCUT2D eigenvalue weighted by Gasteiger charge is 2.22. The Balaban J connectivity index is 1.85. The molecule has 0 aromatic carbocycles. The molecule has 0 spiro atoms.